The first-order valence-electron chi connectivity index (χ1n) is 6.86. The first kappa shape index (κ1) is 17.5. The molecule has 118 valence electrons. The molecule has 0 radical (unpaired) electrons. The van der Waals surface area contributed by atoms with Crippen molar-refractivity contribution in [2.45, 2.75) is 32.4 Å². The minimum Gasteiger partial charge on any atom is -0.354 e. The quantitative estimate of drug-likeness (QED) is 0.793. The van der Waals surface area contributed by atoms with Gasteiger partial charge in [-0.25, -0.2) is 0 Å². The van der Waals surface area contributed by atoms with Crippen LogP contribution in [0.25, 0.3) is 0 Å². The van der Waals surface area contributed by atoms with Gasteiger partial charge in [0, 0.05) is 13.1 Å². The van der Waals surface area contributed by atoms with Gasteiger partial charge < -0.3 is 10.6 Å². The predicted molar refractivity (Wildman–Crippen MR) is 76.0 cm³/mol. The number of rotatable bonds is 6. The molecule has 0 aromatic heterocycles. The van der Waals surface area contributed by atoms with Crippen LogP contribution in [-0.2, 0) is 16.4 Å². The van der Waals surface area contributed by atoms with E-state index in [9.17, 15) is 18.0 Å². The summed E-state index contributed by atoms with van der Waals surface area (Å²) in [5.74, 6) is -0.292. The summed E-state index contributed by atoms with van der Waals surface area (Å²) in [6.45, 7) is 7.05. The van der Waals surface area contributed by atoms with Crippen LogP contribution in [0.2, 0.25) is 0 Å². The van der Waals surface area contributed by atoms with E-state index in [4.69, 9.17) is 0 Å². The third-order valence-electron chi connectivity index (χ3n) is 3.32. The number of hydrogen-bond donors (Lipinski definition) is 2. The molecule has 0 saturated heterocycles. The summed E-state index contributed by atoms with van der Waals surface area (Å²) in [6, 6.07) is 4.90. The van der Waals surface area contributed by atoms with Gasteiger partial charge in [0.25, 0.3) is 0 Å². The van der Waals surface area contributed by atoms with E-state index in [0.717, 1.165) is 18.7 Å². The number of halogens is 3. The molecule has 0 saturated carbocycles. The number of carbonyl (C=O) groups is 1. The molecule has 0 fully saturated rings. The highest BCUT2D eigenvalue weighted by atomic mass is 19.4. The Morgan fingerprint density at radius 1 is 1.14 bits per heavy atom. The van der Waals surface area contributed by atoms with Crippen LogP contribution in [0.3, 0.4) is 0 Å². The molecule has 0 heterocycles. The lowest BCUT2D eigenvalue weighted by Crippen LogP contribution is -2.42. The van der Waals surface area contributed by atoms with Crippen LogP contribution in [0.15, 0.2) is 24.3 Å². The summed E-state index contributed by atoms with van der Waals surface area (Å²) in [4.78, 5) is 12.2. The Bertz CT molecular complexity index is 484. The molecule has 0 spiro atoms. The van der Waals surface area contributed by atoms with Gasteiger partial charge in [-0.05, 0) is 32.0 Å². The van der Waals surface area contributed by atoms with Crippen molar-refractivity contribution < 1.29 is 18.0 Å². The summed E-state index contributed by atoms with van der Waals surface area (Å²) >= 11 is 0. The molecule has 6 heteroatoms. The van der Waals surface area contributed by atoms with Crippen molar-refractivity contribution in [1.82, 2.24) is 10.6 Å². The average Bonchev–Trinajstić information content (AvgIpc) is 2.42. The molecule has 0 aliphatic heterocycles. The predicted octanol–water partition coefficient (Wildman–Crippen LogP) is 2.71. The third kappa shape index (κ3) is 4.74. The van der Waals surface area contributed by atoms with E-state index in [-0.39, 0.29) is 5.91 Å². The highest BCUT2D eigenvalue weighted by Crippen LogP contribution is 2.32. The van der Waals surface area contributed by atoms with Crippen molar-refractivity contribution in [3.63, 3.8) is 0 Å². The van der Waals surface area contributed by atoms with Crippen LogP contribution in [0.5, 0.6) is 0 Å². The fourth-order valence-corrected chi connectivity index (χ4v) is 1.88. The van der Waals surface area contributed by atoms with Crippen molar-refractivity contribution in [2.75, 3.05) is 19.6 Å². The third-order valence-corrected chi connectivity index (χ3v) is 3.32. The van der Waals surface area contributed by atoms with E-state index >= 15 is 0 Å². The Labute approximate surface area is 122 Å². The Kier molecular flexibility index (Phi) is 5.78. The number of alkyl halides is 3. The van der Waals surface area contributed by atoms with E-state index in [1.807, 2.05) is 6.92 Å². The average molecular weight is 302 g/mol. The van der Waals surface area contributed by atoms with Crippen LogP contribution in [0.4, 0.5) is 13.2 Å². The second-order valence-electron chi connectivity index (χ2n) is 5.31. The lowest BCUT2D eigenvalue weighted by Gasteiger charge is -2.25. The van der Waals surface area contributed by atoms with Crippen molar-refractivity contribution in [3.8, 4) is 0 Å². The molecule has 1 aromatic rings. The van der Waals surface area contributed by atoms with Gasteiger partial charge in [-0.15, -0.1) is 0 Å². The molecule has 0 aliphatic rings. The minimum absolute atomic E-state index is 0.292. The van der Waals surface area contributed by atoms with Gasteiger partial charge in [-0.1, -0.05) is 25.1 Å². The van der Waals surface area contributed by atoms with Gasteiger partial charge in [-0.3, -0.25) is 4.79 Å². The number of amides is 1. The zero-order valence-corrected chi connectivity index (χ0v) is 12.5. The van der Waals surface area contributed by atoms with Gasteiger partial charge in [0.05, 0.1) is 11.0 Å². The molecule has 0 bridgehead atoms. The van der Waals surface area contributed by atoms with Crippen molar-refractivity contribution in [2.24, 2.45) is 0 Å². The van der Waals surface area contributed by atoms with E-state index in [1.54, 1.807) is 19.9 Å². The first-order chi connectivity index (χ1) is 9.69. The molecule has 1 rings (SSSR count). The van der Waals surface area contributed by atoms with Crippen LogP contribution in [0, 0.1) is 0 Å². The second kappa shape index (κ2) is 6.93. The number of benzene rings is 1. The van der Waals surface area contributed by atoms with Gasteiger partial charge >= 0.3 is 6.18 Å². The van der Waals surface area contributed by atoms with Crippen LogP contribution in [-0.4, -0.2) is 25.5 Å². The summed E-state index contributed by atoms with van der Waals surface area (Å²) < 4.78 is 38.2. The van der Waals surface area contributed by atoms with Crippen molar-refractivity contribution >= 4 is 5.91 Å². The van der Waals surface area contributed by atoms with Crippen LogP contribution < -0.4 is 10.6 Å². The Hall–Kier alpha value is -1.56. The number of carbonyl (C=O) groups excluding carboxylic acids is 1. The second-order valence-corrected chi connectivity index (χ2v) is 5.31. The number of likely N-dealkylation sites (N-methyl/N-ethyl adjacent to an activating group) is 1. The Morgan fingerprint density at radius 3 is 2.33 bits per heavy atom. The van der Waals surface area contributed by atoms with E-state index in [2.05, 4.69) is 10.6 Å². The molecule has 0 atom stereocenters. The molecule has 1 aromatic carbocycles. The molecule has 0 unspecified atom stereocenters. The van der Waals surface area contributed by atoms with E-state index in [1.165, 1.54) is 6.07 Å². The van der Waals surface area contributed by atoms with Crippen molar-refractivity contribution in [3.05, 3.63) is 35.4 Å². The van der Waals surface area contributed by atoms with E-state index in [0.29, 0.717) is 18.7 Å². The lowest BCUT2D eigenvalue weighted by atomic mass is 9.83. The molecule has 2 N–H and O–H groups in total. The molecule has 0 aliphatic carbocycles. The Morgan fingerprint density at radius 2 is 1.76 bits per heavy atom. The van der Waals surface area contributed by atoms with E-state index < -0.39 is 17.2 Å². The first-order valence-corrected chi connectivity index (χ1v) is 6.86. The molecular formula is C15H21F3N2O. The van der Waals surface area contributed by atoms with Gasteiger partial charge in [0.1, 0.15) is 0 Å². The largest absolute Gasteiger partial charge is 0.416 e. The lowest BCUT2D eigenvalue weighted by molar-refractivity contribution is -0.137. The van der Waals surface area contributed by atoms with Gasteiger partial charge in [-0.2, -0.15) is 13.2 Å². The highest BCUT2D eigenvalue weighted by Gasteiger charge is 2.34. The molecule has 1 amide bonds. The number of nitrogens with one attached hydrogen (secondary N) is 2. The SMILES string of the molecule is CCNCCNC(=O)C(C)(C)c1cccc(C(F)(F)F)c1. The molecular weight excluding hydrogens is 281 g/mol. The fourth-order valence-electron chi connectivity index (χ4n) is 1.88. The standard InChI is InChI=1S/C15H21F3N2O/c1-4-19-8-9-20-13(21)14(2,3)11-6-5-7-12(10-11)15(16,17)18/h5-7,10,19H,4,8-9H2,1-3H3,(H,20,21). The zero-order valence-electron chi connectivity index (χ0n) is 12.5. The molecule has 3 nitrogen and oxygen atoms in total. The maximum atomic E-state index is 12.7. The summed E-state index contributed by atoms with van der Waals surface area (Å²) in [5, 5.41) is 5.79. The zero-order chi connectivity index (χ0) is 16.1. The van der Waals surface area contributed by atoms with Gasteiger partial charge in [0.15, 0.2) is 0 Å². The van der Waals surface area contributed by atoms with Gasteiger partial charge in [0.2, 0.25) is 5.91 Å². The fraction of sp³-hybridized carbons (Fsp3) is 0.533. The smallest absolute Gasteiger partial charge is 0.354 e. The Balaban J connectivity index is 2.84. The van der Waals surface area contributed by atoms with Crippen molar-refractivity contribution in [1.29, 1.82) is 0 Å². The summed E-state index contributed by atoms with van der Waals surface area (Å²) in [6.07, 6.45) is -4.41. The molecule has 21 heavy (non-hydrogen) atoms. The number of hydrogen-bond acceptors (Lipinski definition) is 2. The summed E-state index contributed by atoms with van der Waals surface area (Å²) in [7, 11) is 0. The highest BCUT2D eigenvalue weighted by molar-refractivity contribution is 5.87. The monoisotopic (exact) mass is 302 g/mol. The van der Waals surface area contributed by atoms with Crippen LogP contribution in [0.1, 0.15) is 31.9 Å². The van der Waals surface area contributed by atoms with Crippen LogP contribution >= 0.6 is 0 Å². The maximum absolute atomic E-state index is 12.7. The topological polar surface area (TPSA) is 41.1 Å². The minimum atomic E-state index is -4.41. The normalized spacial score (nSPS) is 12.3. The maximum Gasteiger partial charge on any atom is 0.416 e. The summed E-state index contributed by atoms with van der Waals surface area (Å²) in [5.41, 5.74) is -1.42.